The summed E-state index contributed by atoms with van der Waals surface area (Å²) in [5, 5.41) is 4.24. The van der Waals surface area contributed by atoms with Crippen LogP contribution in [0, 0.1) is 0 Å². The predicted octanol–water partition coefficient (Wildman–Crippen LogP) is 4.18. The van der Waals surface area contributed by atoms with Gasteiger partial charge in [-0.05, 0) is 66.3 Å². The second-order valence-corrected chi connectivity index (χ2v) is 9.24. The van der Waals surface area contributed by atoms with Gasteiger partial charge in [-0.15, -0.1) is 0 Å². The molecule has 0 saturated carbocycles. The molecule has 1 saturated heterocycles. The number of fused-ring (bicyclic) bond motifs is 1. The standard InChI is InChI=1S/C24H26Cl2N2O4/c1-15-11-28(12-16-2-3-18(26)10-21(15)16)24(30)22-9-6-19(13-32-22)27-23(29)14-31-20-7-4-17(25)5-8-20/h2-5,7-8,10,15,19,22H,6,9,11-14H2,1H3,(H,27,29)/t15-,19+,22-/m0/s1. The number of carbonyl (C=O) groups is 2. The normalized spacial score (nSPS) is 22.7. The van der Waals surface area contributed by atoms with Crippen molar-refractivity contribution in [2.45, 2.75) is 44.4 Å². The van der Waals surface area contributed by atoms with Gasteiger partial charge in [0.25, 0.3) is 11.8 Å². The smallest absolute Gasteiger partial charge is 0.258 e. The minimum absolute atomic E-state index is 0.00768. The molecule has 2 aliphatic heterocycles. The molecule has 0 unspecified atom stereocenters. The van der Waals surface area contributed by atoms with E-state index < -0.39 is 6.10 Å². The number of carbonyl (C=O) groups excluding carboxylic acids is 2. The van der Waals surface area contributed by atoms with Crippen molar-refractivity contribution in [3.05, 3.63) is 63.6 Å². The molecular weight excluding hydrogens is 451 g/mol. The van der Waals surface area contributed by atoms with Crippen molar-refractivity contribution in [2.75, 3.05) is 19.8 Å². The van der Waals surface area contributed by atoms with E-state index in [2.05, 4.69) is 12.2 Å². The molecule has 0 radical (unpaired) electrons. The molecule has 2 aliphatic rings. The van der Waals surface area contributed by atoms with Crippen molar-refractivity contribution in [3.63, 3.8) is 0 Å². The second kappa shape index (κ2) is 10.1. The zero-order valence-electron chi connectivity index (χ0n) is 17.9. The first kappa shape index (κ1) is 22.9. The molecule has 2 aromatic carbocycles. The van der Waals surface area contributed by atoms with Crippen LogP contribution >= 0.6 is 23.2 Å². The lowest BCUT2D eigenvalue weighted by Crippen LogP contribution is -2.50. The minimum atomic E-state index is -0.477. The SMILES string of the molecule is C[C@H]1CN(C(=O)[C@@H]2CC[C@@H](NC(=O)COc3ccc(Cl)cc3)CO2)Cc2ccc(Cl)cc21. The topological polar surface area (TPSA) is 67.9 Å². The van der Waals surface area contributed by atoms with Crippen molar-refractivity contribution < 1.29 is 19.1 Å². The number of ether oxygens (including phenoxy) is 2. The molecule has 6 nitrogen and oxygen atoms in total. The number of benzene rings is 2. The maximum atomic E-state index is 13.0. The van der Waals surface area contributed by atoms with Gasteiger partial charge in [-0.1, -0.05) is 36.2 Å². The van der Waals surface area contributed by atoms with E-state index in [0.717, 1.165) is 10.6 Å². The van der Waals surface area contributed by atoms with Crippen LogP contribution in [0.15, 0.2) is 42.5 Å². The zero-order chi connectivity index (χ0) is 22.7. The lowest BCUT2D eigenvalue weighted by atomic mass is 9.90. The van der Waals surface area contributed by atoms with Crippen LogP contribution in [0.5, 0.6) is 5.75 Å². The summed E-state index contributed by atoms with van der Waals surface area (Å²) in [6.45, 7) is 3.54. The highest BCUT2D eigenvalue weighted by Crippen LogP contribution is 2.31. The largest absolute Gasteiger partial charge is 0.484 e. The highest BCUT2D eigenvalue weighted by atomic mass is 35.5. The first-order valence-electron chi connectivity index (χ1n) is 10.8. The Kier molecular flexibility index (Phi) is 7.23. The summed E-state index contributed by atoms with van der Waals surface area (Å²) in [5.74, 6) is 0.583. The summed E-state index contributed by atoms with van der Waals surface area (Å²) in [6, 6.07) is 12.5. The molecule has 4 rings (SSSR count). The van der Waals surface area contributed by atoms with Crippen molar-refractivity contribution in [3.8, 4) is 5.75 Å². The molecule has 3 atom stereocenters. The van der Waals surface area contributed by atoms with Gasteiger partial charge in [-0.2, -0.15) is 0 Å². The molecule has 0 bridgehead atoms. The van der Waals surface area contributed by atoms with Gasteiger partial charge in [-0.3, -0.25) is 9.59 Å². The Morgan fingerprint density at radius 1 is 1.12 bits per heavy atom. The Balaban J connectivity index is 1.23. The van der Waals surface area contributed by atoms with Crippen LogP contribution in [0.4, 0.5) is 0 Å². The predicted molar refractivity (Wildman–Crippen MR) is 123 cm³/mol. The molecule has 170 valence electrons. The number of nitrogens with zero attached hydrogens (tertiary/aromatic N) is 1. The van der Waals surface area contributed by atoms with Crippen molar-refractivity contribution in [2.24, 2.45) is 0 Å². The van der Waals surface area contributed by atoms with E-state index in [1.165, 1.54) is 5.56 Å². The fourth-order valence-electron chi connectivity index (χ4n) is 4.25. The van der Waals surface area contributed by atoms with Crippen LogP contribution in [-0.4, -0.2) is 48.6 Å². The number of halogens is 2. The molecule has 2 amide bonds. The average Bonchev–Trinajstić information content (AvgIpc) is 2.79. The molecule has 1 fully saturated rings. The number of hydrogen-bond acceptors (Lipinski definition) is 4. The van der Waals surface area contributed by atoms with Crippen LogP contribution in [0.1, 0.15) is 36.8 Å². The molecule has 2 heterocycles. The molecule has 2 aromatic rings. The Hall–Kier alpha value is -2.28. The van der Waals surface area contributed by atoms with Gasteiger partial charge in [0.1, 0.15) is 11.9 Å². The van der Waals surface area contributed by atoms with Crippen molar-refractivity contribution in [1.82, 2.24) is 10.2 Å². The summed E-state index contributed by atoms with van der Waals surface area (Å²) in [7, 11) is 0. The van der Waals surface area contributed by atoms with Gasteiger partial charge in [0, 0.05) is 23.1 Å². The van der Waals surface area contributed by atoms with Gasteiger partial charge in [-0.25, -0.2) is 0 Å². The zero-order valence-corrected chi connectivity index (χ0v) is 19.4. The Morgan fingerprint density at radius 3 is 2.59 bits per heavy atom. The fraction of sp³-hybridized carbons (Fsp3) is 0.417. The van der Waals surface area contributed by atoms with E-state index in [9.17, 15) is 9.59 Å². The lowest BCUT2D eigenvalue weighted by molar-refractivity contribution is -0.149. The first-order chi connectivity index (χ1) is 15.4. The Labute approximate surface area is 197 Å². The number of amides is 2. The van der Waals surface area contributed by atoms with E-state index in [1.54, 1.807) is 24.3 Å². The van der Waals surface area contributed by atoms with Gasteiger partial charge in [0.2, 0.25) is 0 Å². The maximum Gasteiger partial charge on any atom is 0.258 e. The molecule has 32 heavy (non-hydrogen) atoms. The maximum absolute atomic E-state index is 13.0. The third-order valence-electron chi connectivity index (χ3n) is 5.91. The third-order valence-corrected chi connectivity index (χ3v) is 6.39. The summed E-state index contributed by atoms with van der Waals surface area (Å²) in [5.41, 5.74) is 2.33. The van der Waals surface area contributed by atoms with E-state index in [0.29, 0.717) is 43.3 Å². The van der Waals surface area contributed by atoms with E-state index in [4.69, 9.17) is 32.7 Å². The van der Waals surface area contributed by atoms with Crippen LogP contribution in [0.2, 0.25) is 10.0 Å². The number of hydrogen-bond donors (Lipinski definition) is 1. The minimum Gasteiger partial charge on any atom is -0.484 e. The summed E-state index contributed by atoms with van der Waals surface area (Å²) < 4.78 is 11.3. The molecule has 0 aliphatic carbocycles. The van der Waals surface area contributed by atoms with E-state index >= 15 is 0 Å². The average molecular weight is 477 g/mol. The van der Waals surface area contributed by atoms with E-state index in [1.807, 2.05) is 23.1 Å². The van der Waals surface area contributed by atoms with Crippen LogP contribution < -0.4 is 10.1 Å². The van der Waals surface area contributed by atoms with Gasteiger partial charge < -0.3 is 19.7 Å². The van der Waals surface area contributed by atoms with E-state index in [-0.39, 0.29) is 30.4 Å². The van der Waals surface area contributed by atoms with Crippen molar-refractivity contribution >= 4 is 35.0 Å². The monoisotopic (exact) mass is 476 g/mol. The van der Waals surface area contributed by atoms with Crippen LogP contribution in [0.25, 0.3) is 0 Å². The van der Waals surface area contributed by atoms with Crippen LogP contribution in [0.3, 0.4) is 0 Å². The van der Waals surface area contributed by atoms with Gasteiger partial charge in [0.05, 0.1) is 12.6 Å². The highest BCUT2D eigenvalue weighted by Gasteiger charge is 2.34. The van der Waals surface area contributed by atoms with Crippen LogP contribution in [-0.2, 0) is 20.9 Å². The Morgan fingerprint density at radius 2 is 1.88 bits per heavy atom. The summed E-state index contributed by atoms with van der Waals surface area (Å²) in [4.78, 5) is 27.1. The number of rotatable bonds is 5. The highest BCUT2D eigenvalue weighted by molar-refractivity contribution is 6.30. The van der Waals surface area contributed by atoms with Gasteiger partial charge in [0.15, 0.2) is 6.61 Å². The molecular formula is C24H26Cl2N2O4. The summed E-state index contributed by atoms with van der Waals surface area (Å²) >= 11 is 12.0. The summed E-state index contributed by atoms with van der Waals surface area (Å²) in [6.07, 6.45) is 0.772. The molecule has 0 spiro atoms. The quantitative estimate of drug-likeness (QED) is 0.702. The number of nitrogens with one attached hydrogen (secondary N) is 1. The Bertz CT molecular complexity index is 974. The van der Waals surface area contributed by atoms with Crippen molar-refractivity contribution in [1.29, 1.82) is 0 Å². The molecule has 0 aromatic heterocycles. The second-order valence-electron chi connectivity index (χ2n) is 8.37. The fourth-order valence-corrected chi connectivity index (χ4v) is 4.55. The van der Waals surface area contributed by atoms with Gasteiger partial charge >= 0.3 is 0 Å². The molecule has 1 N–H and O–H groups in total. The third kappa shape index (κ3) is 5.55. The molecule has 8 heteroatoms. The first-order valence-corrected chi connectivity index (χ1v) is 11.5. The lowest BCUT2D eigenvalue weighted by Gasteiger charge is -2.37.